The highest BCUT2D eigenvalue weighted by molar-refractivity contribution is 5.97. The van der Waals surface area contributed by atoms with Crippen LogP contribution < -0.4 is 0 Å². The highest BCUT2D eigenvalue weighted by atomic mass is 16.1. The molecule has 0 radical (unpaired) electrons. The van der Waals surface area contributed by atoms with Crippen LogP contribution in [0.25, 0.3) is 0 Å². The number of carbonyl (C=O) groups is 2. The lowest BCUT2D eigenvalue weighted by Crippen LogP contribution is -2.49. The molecule has 0 heterocycles. The maximum absolute atomic E-state index is 11.4. The van der Waals surface area contributed by atoms with Crippen LogP contribution in [-0.4, -0.2) is 11.6 Å². The summed E-state index contributed by atoms with van der Waals surface area (Å²) >= 11 is 0. The van der Waals surface area contributed by atoms with Gasteiger partial charge in [-0.25, -0.2) is 0 Å². The molecule has 3 atom stereocenters. The molecule has 2 aliphatic rings. The molecule has 0 aromatic rings. The van der Waals surface area contributed by atoms with Crippen molar-refractivity contribution < 1.29 is 9.59 Å². The van der Waals surface area contributed by atoms with Gasteiger partial charge >= 0.3 is 0 Å². The summed E-state index contributed by atoms with van der Waals surface area (Å²) in [5.74, 6) is 1.45. The lowest BCUT2D eigenvalue weighted by molar-refractivity contribution is -0.148. The average Bonchev–Trinajstić information content (AvgIpc) is 1.98. The summed E-state index contributed by atoms with van der Waals surface area (Å²) in [7, 11) is 0. The second kappa shape index (κ2) is 2.68. The SMILES string of the molecule is CC[C@@H]1C[C@@H]2C(=O)CCC(=O)[C@H]12. The minimum absolute atomic E-state index is 0.121. The molecule has 0 N–H and O–H groups in total. The molecule has 2 nitrogen and oxygen atoms in total. The van der Waals surface area contributed by atoms with Crippen molar-refractivity contribution in [3.8, 4) is 0 Å². The molecule has 2 rings (SSSR count). The third-order valence-electron chi connectivity index (χ3n) is 3.43. The fourth-order valence-corrected chi connectivity index (χ4v) is 2.59. The zero-order chi connectivity index (χ0) is 8.72. The second-order valence-electron chi connectivity index (χ2n) is 3.97. The highest BCUT2D eigenvalue weighted by Gasteiger charge is 2.49. The zero-order valence-electron chi connectivity index (χ0n) is 7.38. The summed E-state index contributed by atoms with van der Waals surface area (Å²) in [6.07, 6.45) is 3.05. The third-order valence-corrected chi connectivity index (χ3v) is 3.43. The van der Waals surface area contributed by atoms with Crippen LogP contribution in [0.1, 0.15) is 32.6 Å². The summed E-state index contributed by atoms with van der Waals surface area (Å²) in [6.45, 7) is 2.10. The first-order chi connectivity index (χ1) is 5.74. The van der Waals surface area contributed by atoms with E-state index in [9.17, 15) is 9.59 Å². The van der Waals surface area contributed by atoms with Crippen LogP contribution in [0.5, 0.6) is 0 Å². The largest absolute Gasteiger partial charge is 0.299 e. The first-order valence-electron chi connectivity index (χ1n) is 4.79. The maximum Gasteiger partial charge on any atom is 0.137 e. The predicted molar refractivity (Wildman–Crippen MR) is 44.6 cm³/mol. The smallest absolute Gasteiger partial charge is 0.137 e. The van der Waals surface area contributed by atoms with E-state index in [1.165, 1.54) is 0 Å². The average molecular weight is 166 g/mol. The van der Waals surface area contributed by atoms with E-state index >= 15 is 0 Å². The first kappa shape index (κ1) is 7.96. The number of carbonyl (C=O) groups excluding carboxylic acids is 2. The van der Waals surface area contributed by atoms with Crippen molar-refractivity contribution in [3.05, 3.63) is 0 Å². The molecule has 2 aliphatic carbocycles. The van der Waals surface area contributed by atoms with Gasteiger partial charge < -0.3 is 0 Å². The summed E-state index contributed by atoms with van der Waals surface area (Å²) in [5, 5.41) is 0. The topological polar surface area (TPSA) is 34.1 Å². The molecule has 0 bridgehead atoms. The van der Waals surface area contributed by atoms with Crippen LogP contribution in [0.3, 0.4) is 0 Å². The maximum atomic E-state index is 11.4. The van der Waals surface area contributed by atoms with Gasteiger partial charge in [0.15, 0.2) is 0 Å². The van der Waals surface area contributed by atoms with Crippen LogP contribution in [0.4, 0.5) is 0 Å². The van der Waals surface area contributed by atoms with Crippen molar-refractivity contribution in [2.45, 2.75) is 32.6 Å². The lowest BCUT2D eigenvalue weighted by atomic mass is 9.57. The molecule has 0 amide bonds. The van der Waals surface area contributed by atoms with Crippen LogP contribution in [0, 0.1) is 17.8 Å². The van der Waals surface area contributed by atoms with Crippen LogP contribution in [-0.2, 0) is 9.59 Å². The Hall–Kier alpha value is -0.660. The summed E-state index contributed by atoms with van der Waals surface area (Å²) in [5.41, 5.74) is 0. The summed E-state index contributed by atoms with van der Waals surface area (Å²) in [4.78, 5) is 22.7. The minimum Gasteiger partial charge on any atom is -0.299 e. The van der Waals surface area contributed by atoms with E-state index < -0.39 is 0 Å². The van der Waals surface area contributed by atoms with Crippen molar-refractivity contribution in [1.29, 1.82) is 0 Å². The van der Waals surface area contributed by atoms with Gasteiger partial charge in [-0.1, -0.05) is 13.3 Å². The molecule has 12 heavy (non-hydrogen) atoms. The third kappa shape index (κ3) is 0.936. The van der Waals surface area contributed by atoms with Crippen LogP contribution >= 0.6 is 0 Å². The van der Waals surface area contributed by atoms with Gasteiger partial charge in [0, 0.05) is 24.7 Å². The summed E-state index contributed by atoms with van der Waals surface area (Å²) < 4.78 is 0. The fourth-order valence-electron chi connectivity index (χ4n) is 2.59. The van der Waals surface area contributed by atoms with Crippen LogP contribution in [0.2, 0.25) is 0 Å². The molecule has 2 fully saturated rings. The van der Waals surface area contributed by atoms with E-state index in [1.54, 1.807) is 0 Å². The van der Waals surface area contributed by atoms with Gasteiger partial charge in [0.2, 0.25) is 0 Å². The quantitative estimate of drug-likeness (QED) is 0.592. The minimum atomic E-state index is 0.121. The monoisotopic (exact) mass is 166 g/mol. The van der Waals surface area contributed by atoms with Crippen molar-refractivity contribution in [2.75, 3.05) is 0 Å². The number of Topliss-reactive ketones (excluding diaryl/α,β-unsaturated/α-hetero) is 2. The standard InChI is InChI=1S/C10H14O2/c1-2-6-5-7-8(11)3-4-9(12)10(6)7/h6-7,10H,2-5H2,1H3/t6-,7-,10-/m1/s1. The fraction of sp³-hybridized carbons (Fsp3) is 0.800. The van der Waals surface area contributed by atoms with E-state index in [1.807, 2.05) is 0 Å². The first-order valence-corrected chi connectivity index (χ1v) is 4.79. The van der Waals surface area contributed by atoms with Gasteiger partial charge in [0.05, 0.1) is 0 Å². The summed E-state index contributed by atoms with van der Waals surface area (Å²) in [6, 6.07) is 0. The Labute approximate surface area is 72.3 Å². The molecule has 66 valence electrons. The molecular formula is C10H14O2. The van der Waals surface area contributed by atoms with E-state index in [4.69, 9.17) is 0 Å². The molecule has 2 heteroatoms. The van der Waals surface area contributed by atoms with Crippen molar-refractivity contribution in [1.82, 2.24) is 0 Å². The lowest BCUT2D eigenvalue weighted by Gasteiger charge is -2.45. The van der Waals surface area contributed by atoms with Crippen molar-refractivity contribution in [3.63, 3.8) is 0 Å². The number of hydrogen-bond donors (Lipinski definition) is 0. The van der Waals surface area contributed by atoms with E-state index in [-0.39, 0.29) is 11.8 Å². The Kier molecular flexibility index (Phi) is 1.78. The molecule has 0 aliphatic heterocycles. The molecule has 2 saturated carbocycles. The molecule has 0 saturated heterocycles. The predicted octanol–water partition coefficient (Wildman–Crippen LogP) is 1.58. The highest BCUT2D eigenvalue weighted by Crippen LogP contribution is 2.47. The van der Waals surface area contributed by atoms with Gasteiger partial charge in [0.25, 0.3) is 0 Å². The molecule has 0 unspecified atom stereocenters. The van der Waals surface area contributed by atoms with E-state index in [0.29, 0.717) is 30.3 Å². The second-order valence-corrected chi connectivity index (χ2v) is 3.97. The molecule has 0 aromatic carbocycles. The van der Waals surface area contributed by atoms with Crippen molar-refractivity contribution >= 4 is 11.6 Å². The van der Waals surface area contributed by atoms with E-state index in [2.05, 4.69) is 6.92 Å². The zero-order valence-corrected chi connectivity index (χ0v) is 7.38. The Morgan fingerprint density at radius 2 is 1.92 bits per heavy atom. The van der Waals surface area contributed by atoms with Gasteiger partial charge in [0.1, 0.15) is 11.6 Å². The van der Waals surface area contributed by atoms with Gasteiger partial charge in [-0.3, -0.25) is 9.59 Å². The number of hydrogen-bond acceptors (Lipinski definition) is 2. The van der Waals surface area contributed by atoms with Gasteiger partial charge in [-0.15, -0.1) is 0 Å². The van der Waals surface area contributed by atoms with Crippen molar-refractivity contribution in [2.24, 2.45) is 17.8 Å². The molecule has 0 aromatic heterocycles. The van der Waals surface area contributed by atoms with Gasteiger partial charge in [-0.2, -0.15) is 0 Å². The Morgan fingerprint density at radius 1 is 1.25 bits per heavy atom. The number of ketones is 2. The molecular weight excluding hydrogens is 152 g/mol. The Bertz CT molecular complexity index is 232. The Balaban J connectivity index is 2.12. The van der Waals surface area contributed by atoms with Gasteiger partial charge in [-0.05, 0) is 12.3 Å². The normalized spacial score (nSPS) is 40.6. The van der Waals surface area contributed by atoms with Crippen LogP contribution in [0.15, 0.2) is 0 Å². The molecule has 0 spiro atoms. The number of rotatable bonds is 1. The number of fused-ring (bicyclic) bond motifs is 1. The van der Waals surface area contributed by atoms with E-state index in [0.717, 1.165) is 12.8 Å². The Morgan fingerprint density at radius 3 is 2.58 bits per heavy atom.